The minimum atomic E-state index is -0.300. The van der Waals surface area contributed by atoms with Crippen LogP contribution in [0.5, 0.6) is 17.2 Å². The Morgan fingerprint density at radius 1 is 1.00 bits per heavy atom. The maximum atomic E-state index is 13.0. The molecule has 0 aliphatic carbocycles. The van der Waals surface area contributed by atoms with Gasteiger partial charge in [-0.15, -0.1) is 5.10 Å². The molecule has 0 aliphatic rings. The van der Waals surface area contributed by atoms with Crippen molar-refractivity contribution in [3.05, 3.63) is 47.8 Å². The summed E-state index contributed by atoms with van der Waals surface area (Å²) in [6.45, 7) is 8.89. The van der Waals surface area contributed by atoms with E-state index in [1.807, 2.05) is 45.9 Å². The first-order chi connectivity index (χ1) is 14.6. The highest BCUT2D eigenvalue weighted by molar-refractivity contribution is 6.05. The van der Waals surface area contributed by atoms with Crippen LogP contribution in [0.2, 0.25) is 0 Å². The normalized spacial score (nSPS) is 10.5. The number of carbonyl (C=O) groups is 1. The molecule has 0 fully saturated rings. The van der Waals surface area contributed by atoms with Crippen LogP contribution in [-0.4, -0.2) is 45.9 Å². The second-order valence-electron chi connectivity index (χ2n) is 6.31. The van der Waals surface area contributed by atoms with E-state index in [1.54, 1.807) is 16.8 Å². The summed E-state index contributed by atoms with van der Waals surface area (Å²) in [5.74, 6) is 1.13. The van der Waals surface area contributed by atoms with Crippen LogP contribution >= 0.6 is 0 Å². The quantitative estimate of drug-likeness (QED) is 0.576. The standard InChI is InChI=1S/C21H25N5O4/c1-5-28-18-10-15(11-19(29-6-2)20(18)30-7-3)21(27)23-16-9-8-14(4)17(12-16)26-13-22-24-25-26/h8-13H,5-7H2,1-4H3,(H,23,27). The summed E-state index contributed by atoms with van der Waals surface area (Å²) >= 11 is 0. The molecule has 0 saturated carbocycles. The molecule has 9 nitrogen and oxygen atoms in total. The number of aryl methyl sites for hydroxylation is 1. The summed E-state index contributed by atoms with van der Waals surface area (Å²) in [6, 6.07) is 8.83. The van der Waals surface area contributed by atoms with Crippen LogP contribution in [0.15, 0.2) is 36.7 Å². The lowest BCUT2D eigenvalue weighted by atomic mass is 10.1. The Labute approximate surface area is 175 Å². The van der Waals surface area contributed by atoms with Gasteiger partial charge in [-0.1, -0.05) is 6.07 Å². The molecule has 2 aromatic carbocycles. The van der Waals surface area contributed by atoms with E-state index < -0.39 is 0 Å². The molecule has 0 bridgehead atoms. The molecule has 1 amide bonds. The average Bonchev–Trinajstić information content (AvgIpc) is 3.26. The van der Waals surface area contributed by atoms with Crippen molar-refractivity contribution in [2.75, 3.05) is 25.1 Å². The van der Waals surface area contributed by atoms with Crippen molar-refractivity contribution in [3.8, 4) is 22.9 Å². The zero-order valence-corrected chi connectivity index (χ0v) is 17.5. The summed E-state index contributed by atoms with van der Waals surface area (Å²) in [4.78, 5) is 13.0. The number of tetrazole rings is 1. The van der Waals surface area contributed by atoms with E-state index in [0.717, 1.165) is 11.3 Å². The summed E-state index contributed by atoms with van der Waals surface area (Å²) < 4.78 is 18.6. The first kappa shape index (κ1) is 21.1. The molecule has 0 spiro atoms. The van der Waals surface area contributed by atoms with Crippen LogP contribution in [0.4, 0.5) is 5.69 Å². The third kappa shape index (κ3) is 4.68. The van der Waals surface area contributed by atoms with E-state index in [-0.39, 0.29) is 5.91 Å². The summed E-state index contributed by atoms with van der Waals surface area (Å²) in [6.07, 6.45) is 1.50. The zero-order chi connectivity index (χ0) is 21.5. The lowest BCUT2D eigenvalue weighted by molar-refractivity contribution is 0.102. The number of carbonyl (C=O) groups excluding carboxylic acids is 1. The number of aromatic nitrogens is 4. The maximum Gasteiger partial charge on any atom is 0.255 e. The largest absolute Gasteiger partial charge is 0.490 e. The van der Waals surface area contributed by atoms with E-state index in [2.05, 4.69) is 20.8 Å². The number of hydrogen-bond acceptors (Lipinski definition) is 7. The van der Waals surface area contributed by atoms with Gasteiger partial charge in [0, 0.05) is 11.3 Å². The molecule has 0 saturated heterocycles. The van der Waals surface area contributed by atoms with Gasteiger partial charge in [0.15, 0.2) is 11.5 Å². The van der Waals surface area contributed by atoms with Gasteiger partial charge in [0.2, 0.25) is 5.75 Å². The van der Waals surface area contributed by atoms with E-state index in [4.69, 9.17) is 14.2 Å². The molecule has 1 N–H and O–H groups in total. The third-order valence-corrected chi connectivity index (χ3v) is 4.23. The van der Waals surface area contributed by atoms with Gasteiger partial charge >= 0.3 is 0 Å². The minimum absolute atomic E-state index is 0.300. The number of amides is 1. The van der Waals surface area contributed by atoms with Crippen molar-refractivity contribution >= 4 is 11.6 Å². The molecule has 9 heteroatoms. The predicted molar refractivity (Wildman–Crippen MR) is 112 cm³/mol. The van der Waals surface area contributed by atoms with Crippen molar-refractivity contribution < 1.29 is 19.0 Å². The van der Waals surface area contributed by atoms with Crippen LogP contribution in [-0.2, 0) is 0 Å². The topological polar surface area (TPSA) is 100 Å². The smallest absolute Gasteiger partial charge is 0.255 e. The molecule has 30 heavy (non-hydrogen) atoms. The molecule has 158 valence electrons. The molecule has 0 radical (unpaired) electrons. The number of benzene rings is 2. The summed E-state index contributed by atoms with van der Waals surface area (Å²) in [7, 11) is 0. The number of nitrogens with zero attached hydrogens (tertiary/aromatic N) is 4. The van der Waals surface area contributed by atoms with E-state index in [1.165, 1.54) is 6.33 Å². The van der Waals surface area contributed by atoms with Gasteiger partial charge in [0.05, 0.1) is 25.5 Å². The highest BCUT2D eigenvalue weighted by Crippen LogP contribution is 2.39. The number of ether oxygens (including phenoxy) is 3. The van der Waals surface area contributed by atoms with Crippen molar-refractivity contribution in [2.45, 2.75) is 27.7 Å². The number of rotatable bonds is 9. The number of hydrogen-bond donors (Lipinski definition) is 1. The van der Waals surface area contributed by atoms with Crippen molar-refractivity contribution in [1.29, 1.82) is 0 Å². The molecule has 0 atom stereocenters. The second kappa shape index (κ2) is 9.73. The average molecular weight is 411 g/mol. The van der Waals surface area contributed by atoms with Crippen LogP contribution in [0.25, 0.3) is 5.69 Å². The first-order valence-corrected chi connectivity index (χ1v) is 9.79. The van der Waals surface area contributed by atoms with Gasteiger partial charge in [0.1, 0.15) is 6.33 Å². The fraction of sp³-hybridized carbons (Fsp3) is 0.333. The molecule has 3 rings (SSSR count). The molecule has 1 heterocycles. The molecular weight excluding hydrogens is 386 g/mol. The fourth-order valence-corrected chi connectivity index (χ4v) is 2.93. The van der Waals surface area contributed by atoms with E-state index >= 15 is 0 Å². The van der Waals surface area contributed by atoms with Crippen molar-refractivity contribution in [2.24, 2.45) is 0 Å². The van der Waals surface area contributed by atoms with Gasteiger partial charge in [-0.05, 0) is 68.0 Å². The highest BCUT2D eigenvalue weighted by atomic mass is 16.5. The number of anilines is 1. The van der Waals surface area contributed by atoms with Gasteiger partial charge in [-0.25, -0.2) is 4.68 Å². The van der Waals surface area contributed by atoms with E-state index in [9.17, 15) is 4.79 Å². The lowest BCUT2D eigenvalue weighted by Gasteiger charge is -2.17. The maximum absolute atomic E-state index is 13.0. The third-order valence-electron chi connectivity index (χ3n) is 4.23. The van der Waals surface area contributed by atoms with Crippen LogP contribution < -0.4 is 19.5 Å². The van der Waals surface area contributed by atoms with Crippen molar-refractivity contribution in [1.82, 2.24) is 20.2 Å². The first-order valence-electron chi connectivity index (χ1n) is 9.79. The molecule has 0 unspecified atom stereocenters. The van der Waals surface area contributed by atoms with Crippen LogP contribution in [0, 0.1) is 6.92 Å². The molecule has 0 aliphatic heterocycles. The lowest BCUT2D eigenvalue weighted by Crippen LogP contribution is -2.14. The Morgan fingerprint density at radius 3 is 2.23 bits per heavy atom. The summed E-state index contributed by atoms with van der Waals surface area (Å²) in [5.41, 5.74) is 2.75. The molecule has 1 aromatic heterocycles. The Bertz CT molecular complexity index is 978. The molecule has 3 aromatic rings. The Morgan fingerprint density at radius 2 is 1.67 bits per heavy atom. The van der Waals surface area contributed by atoms with Gasteiger partial charge in [0.25, 0.3) is 5.91 Å². The predicted octanol–water partition coefficient (Wildman–Crippen LogP) is 3.42. The highest BCUT2D eigenvalue weighted by Gasteiger charge is 2.19. The summed E-state index contributed by atoms with van der Waals surface area (Å²) in [5, 5.41) is 14.1. The fourth-order valence-electron chi connectivity index (χ4n) is 2.93. The van der Waals surface area contributed by atoms with Gasteiger partial charge < -0.3 is 19.5 Å². The van der Waals surface area contributed by atoms with Crippen molar-refractivity contribution in [3.63, 3.8) is 0 Å². The zero-order valence-electron chi connectivity index (χ0n) is 17.5. The van der Waals surface area contributed by atoms with Gasteiger partial charge in [-0.3, -0.25) is 4.79 Å². The number of nitrogens with one attached hydrogen (secondary N) is 1. The Hall–Kier alpha value is -3.62. The second-order valence-corrected chi connectivity index (χ2v) is 6.31. The van der Waals surface area contributed by atoms with E-state index in [0.29, 0.717) is 48.3 Å². The van der Waals surface area contributed by atoms with Gasteiger partial charge in [-0.2, -0.15) is 0 Å². The monoisotopic (exact) mass is 411 g/mol. The Kier molecular flexibility index (Phi) is 6.84. The Balaban J connectivity index is 1.92. The van der Waals surface area contributed by atoms with Crippen LogP contribution in [0.1, 0.15) is 36.7 Å². The SMILES string of the molecule is CCOc1cc(C(=O)Nc2ccc(C)c(-n3cnnn3)c2)cc(OCC)c1OCC. The minimum Gasteiger partial charge on any atom is -0.490 e. The van der Waals surface area contributed by atoms with Crippen LogP contribution in [0.3, 0.4) is 0 Å². The molecular formula is C21H25N5O4.